The van der Waals surface area contributed by atoms with Crippen molar-refractivity contribution in [2.24, 2.45) is 0 Å². The summed E-state index contributed by atoms with van der Waals surface area (Å²) >= 11 is 6.14. The van der Waals surface area contributed by atoms with E-state index in [2.05, 4.69) is 43.2 Å². The molecule has 0 amide bonds. The molecule has 8 heteroatoms. The lowest BCUT2D eigenvalue weighted by Crippen LogP contribution is -2.38. The van der Waals surface area contributed by atoms with E-state index in [9.17, 15) is 0 Å². The van der Waals surface area contributed by atoms with Gasteiger partial charge < -0.3 is 23.8 Å². The van der Waals surface area contributed by atoms with Crippen molar-refractivity contribution < 1.29 is 18.9 Å². The number of methoxy groups -OCH3 is 2. The van der Waals surface area contributed by atoms with Gasteiger partial charge in [-0.1, -0.05) is 41.5 Å². The molecule has 0 bridgehead atoms. The van der Waals surface area contributed by atoms with Crippen LogP contribution in [0.5, 0.6) is 0 Å². The highest BCUT2D eigenvalue weighted by molar-refractivity contribution is 8.77. The standard InChI is InChI=1S/C21H36ClNO4S2.C2H6/c1-21(2,29-28-5)17-23(6-7-26-10-11-27-9-8-24-3)20-13-18(15-22)12-19(14-20)16-25-4;1-2/h12-14H,6-11,15-17H2,1-5H3;1-2H3. The maximum Gasteiger partial charge on any atom is 0.0713 e. The molecule has 182 valence electrons. The largest absolute Gasteiger partial charge is 0.382 e. The molecule has 0 spiro atoms. The quantitative estimate of drug-likeness (QED) is 0.152. The highest BCUT2D eigenvalue weighted by atomic mass is 35.5. The molecule has 1 aromatic rings. The summed E-state index contributed by atoms with van der Waals surface area (Å²) < 4.78 is 21.7. The molecule has 0 aliphatic carbocycles. The van der Waals surface area contributed by atoms with Crippen molar-refractivity contribution in [3.05, 3.63) is 29.3 Å². The first-order valence-electron chi connectivity index (χ1n) is 10.7. The van der Waals surface area contributed by atoms with Gasteiger partial charge in [0.25, 0.3) is 0 Å². The lowest BCUT2D eigenvalue weighted by molar-refractivity contribution is 0.0264. The van der Waals surface area contributed by atoms with Crippen molar-refractivity contribution >= 4 is 38.9 Å². The molecular weight excluding hydrogens is 454 g/mol. The fraction of sp³-hybridized carbons (Fsp3) is 0.739. The maximum atomic E-state index is 6.14. The van der Waals surface area contributed by atoms with Gasteiger partial charge in [-0.2, -0.15) is 0 Å². The molecule has 0 unspecified atom stereocenters. The Morgan fingerprint density at radius 1 is 0.903 bits per heavy atom. The number of hydrogen-bond donors (Lipinski definition) is 0. The molecule has 1 rings (SSSR count). The predicted octanol–water partition coefficient (Wildman–Crippen LogP) is 5.87. The van der Waals surface area contributed by atoms with Gasteiger partial charge >= 0.3 is 0 Å². The first kappa shape index (κ1) is 30.9. The van der Waals surface area contributed by atoms with Gasteiger partial charge in [-0.05, 0) is 43.4 Å². The van der Waals surface area contributed by atoms with Crippen LogP contribution >= 0.6 is 33.2 Å². The van der Waals surface area contributed by atoms with Gasteiger partial charge in [-0.3, -0.25) is 0 Å². The number of benzene rings is 1. The van der Waals surface area contributed by atoms with E-state index in [4.69, 9.17) is 30.5 Å². The van der Waals surface area contributed by atoms with Gasteiger partial charge in [0.2, 0.25) is 0 Å². The van der Waals surface area contributed by atoms with Crippen LogP contribution in [-0.4, -0.2) is 71.3 Å². The van der Waals surface area contributed by atoms with E-state index >= 15 is 0 Å². The van der Waals surface area contributed by atoms with E-state index in [1.54, 1.807) is 25.0 Å². The summed E-state index contributed by atoms with van der Waals surface area (Å²) in [5, 5.41) is 0. The van der Waals surface area contributed by atoms with Crippen LogP contribution in [0.4, 0.5) is 5.69 Å². The second kappa shape index (κ2) is 19.3. The number of hydrogen-bond acceptors (Lipinski definition) is 7. The third-order valence-electron chi connectivity index (χ3n) is 4.06. The van der Waals surface area contributed by atoms with Crippen LogP contribution in [0, 0.1) is 0 Å². The lowest BCUT2D eigenvalue weighted by Gasteiger charge is -2.33. The number of alkyl halides is 1. The van der Waals surface area contributed by atoms with E-state index < -0.39 is 0 Å². The third-order valence-corrected chi connectivity index (χ3v) is 6.97. The Labute approximate surface area is 203 Å². The topological polar surface area (TPSA) is 40.2 Å². The minimum atomic E-state index is 0.0983. The number of nitrogens with zero attached hydrogens (tertiary/aromatic N) is 1. The summed E-state index contributed by atoms with van der Waals surface area (Å²) in [7, 11) is 7.07. The second-order valence-electron chi connectivity index (χ2n) is 7.22. The highest BCUT2D eigenvalue weighted by Crippen LogP contribution is 2.35. The highest BCUT2D eigenvalue weighted by Gasteiger charge is 2.23. The van der Waals surface area contributed by atoms with E-state index in [-0.39, 0.29) is 4.75 Å². The zero-order valence-corrected chi connectivity index (χ0v) is 22.8. The first-order valence-corrected chi connectivity index (χ1v) is 13.8. The summed E-state index contributed by atoms with van der Waals surface area (Å²) in [5.74, 6) is 0.483. The summed E-state index contributed by atoms with van der Waals surface area (Å²) in [6, 6.07) is 6.46. The van der Waals surface area contributed by atoms with Crippen molar-refractivity contribution in [3.8, 4) is 0 Å². The molecule has 0 saturated carbocycles. The smallest absolute Gasteiger partial charge is 0.0713 e. The van der Waals surface area contributed by atoms with Gasteiger partial charge in [-0.15, -0.1) is 11.6 Å². The van der Waals surface area contributed by atoms with Gasteiger partial charge in [-0.25, -0.2) is 0 Å². The van der Waals surface area contributed by atoms with Crippen LogP contribution in [0.15, 0.2) is 18.2 Å². The summed E-state index contributed by atoms with van der Waals surface area (Å²) in [6.45, 7) is 13.8. The van der Waals surface area contributed by atoms with Crippen molar-refractivity contribution in [3.63, 3.8) is 0 Å². The molecule has 0 atom stereocenters. The summed E-state index contributed by atoms with van der Waals surface area (Å²) in [5.41, 5.74) is 3.39. The Morgan fingerprint density at radius 3 is 2.10 bits per heavy atom. The maximum absolute atomic E-state index is 6.14. The molecule has 31 heavy (non-hydrogen) atoms. The Balaban J connectivity index is 0.00000436. The molecule has 0 N–H and O–H groups in total. The molecule has 0 aromatic heterocycles. The fourth-order valence-corrected chi connectivity index (χ4v) is 5.23. The van der Waals surface area contributed by atoms with Crippen molar-refractivity contribution in [1.29, 1.82) is 0 Å². The minimum absolute atomic E-state index is 0.0983. The van der Waals surface area contributed by atoms with Crippen LogP contribution in [-0.2, 0) is 31.4 Å². The first-order chi connectivity index (χ1) is 15.0. The lowest BCUT2D eigenvalue weighted by atomic mass is 10.1. The normalized spacial score (nSPS) is 11.2. The van der Waals surface area contributed by atoms with Crippen molar-refractivity contribution in [2.45, 2.75) is 44.9 Å². The molecule has 0 saturated heterocycles. The zero-order chi connectivity index (χ0) is 23.5. The molecule has 0 heterocycles. The Hall–Kier alpha value is -0.150. The average molecular weight is 496 g/mol. The molecule has 0 aliphatic heterocycles. The van der Waals surface area contributed by atoms with Crippen molar-refractivity contribution in [2.75, 3.05) is 71.5 Å². The van der Waals surface area contributed by atoms with E-state index in [0.29, 0.717) is 45.5 Å². The van der Waals surface area contributed by atoms with Crippen LogP contribution in [0.2, 0.25) is 0 Å². The van der Waals surface area contributed by atoms with Crippen LogP contribution in [0.25, 0.3) is 0 Å². The Bertz CT molecular complexity index is 564. The third kappa shape index (κ3) is 14.6. The summed E-state index contributed by atoms with van der Waals surface area (Å²) in [4.78, 5) is 2.38. The Morgan fingerprint density at radius 2 is 1.52 bits per heavy atom. The molecule has 1 aromatic carbocycles. The number of rotatable bonds is 17. The number of halogens is 1. The van der Waals surface area contributed by atoms with E-state index in [0.717, 1.165) is 29.9 Å². The minimum Gasteiger partial charge on any atom is -0.382 e. The number of anilines is 1. The van der Waals surface area contributed by atoms with Gasteiger partial charge in [0.15, 0.2) is 0 Å². The molecule has 0 radical (unpaired) electrons. The van der Waals surface area contributed by atoms with Crippen LogP contribution in [0.1, 0.15) is 38.8 Å². The van der Waals surface area contributed by atoms with Gasteiger partial charge in [0, 0.05) is 43.6 Å². The van der Waals surface area contributed by atoms with E-state index in [1.165, 1.54) is 0 Å². The Kier molecular flexibility index (Phi) is 19.2. The zero-order valence-electron chi connectivity index (χ0n) is 20.4. The van der Waals surface area contributed by atoms with Crippen LogP contribution < -0.4 is 4.90 Å². The monoisotopic (exact) mass is 495 g/mol. The molecular formula is C23H42ClNO4S2. The molecule has 0 aliphatic rings. The average Bonchev–Trinajstić information content (AvgIpc) is 2.76. The number of ether oxygens (including phenoxy) is 4. The van der Waals surface area contributed by atoms with Gasteiger partial charge in [0.1, 0.15) is 0 Å². The molecule has 0 fully saturated rings. The van der Waals surface area contributed by atoms with Gasteiger partial charge in [0.05, 0.1) is 39.6 Å². The SMILES string of the molecule is CC.COCCOCCOCCN(CC(C)(C)SSC)c1cc(CCl)cc(COC)c1. The van der Waals surface area contributed by atoms with Crippen LogP contribution in [0.3, 0.4) is 0 Å². The van der Waals surface area contributed by atoms with E-state index in [1.807, 2.05) is 24.6 Å². The summed E-state index contributed by atoms with van der Waals surface area (Å²) in [6.07, 6.45) is 2.12. The predicted molar refractivity (Wildman–Crippen MR) is 139 cm³/mol. The fourth-order valence-electron chi connectivity index (χ4n) is 2.90. The van der Waals surface area contributed by atoms with Crippen molar-refractivity contribution in [1.82, 2.24) is 0 Å². The second-order valence-corrected chi connectivity index (χ2v) is 10.6. The molecule has 5 nitrogen and oxygen atoms in total.